The maximum atomic E-state index is 5.18. The average Bonchev–Trinajstić information content (AvgIpc) is 3.15. The summed E-state index contributed by atoms with van der Waals surface area (Å²) in [7, 11) is 3.48. The Kier molecular flexibility index (Phi) is 5.17. The molecule has 2 atom stereocenters. The summed E-state index contributed by atoms with van der Waals surface area (Å²) in [6.07, 6.45) is 1.30. The van der Waals surface area contributed by atoms with E-state index in [1.165, 1.54) is 17.5 Å². The zero-order valence-corrected chi connectivity index (χ0v) is 11.3. The van der Waals surface area contributed by atoms with Gasteiger partial charge in [-0.05, 0) is 35.9 Å². The van der Waals surface area contributed by atoms with E-state index in [2.05, 4.69) is 29.6 Å². The van der Waals surface area contributed by atoms with Crippen molar-refractivity contribution in [2.24, 2.45) is 5.92 Å². The summed E-state index contributed by atoms with van der Waals surface area (Å²) in [4.78, 5) is 0. The largest absolute Gasteiger partial charge is 0.383 e. The van der Waals surface area contributed by atoms with Crippen LogP contribution in [0.2, 0.25) is 0 Å². The fraction of sp³-hybridized carbons (Fsp3) is 0.600. The highest BCUT2D eigenvalue weighted by atomic mass is 16.5. The Hall–Kier alpha value is -0.900. The lowest BCUT2D eigenvalue weighted by Crippen LogP contribution is -2.21. The fourth-order valence-corrected chi connectivity index (χ4v) is 2.42. The van der Waals surface area contributed by atoms with Crippen LogP contribution in [0.3, 0.4) is 0 Å². The predicted octanol–water partition coefficient (Wildman–Crippen LogP) is 2.17. The van der Waals surface area contributed by atoms with Gasteiger partial charge in [-0.1, -0.05) is 24.3 Å². The van der Waals surface area contributed by atoms with Gasteiger partial charge in [0.2, 0.25) is 0 Å². The van der Waals surface area contributed by atoms with E-state index in [1.54, 1.807) is 14.2 Å². The lowest BCUT2D eigenvalue weighted by molar-refractivity contribution is 0.185. The molecule has 0 bridgehead atoms. The van der Waals surface area contributed by atoms with Gasteiger partial charge in [0, 0.05) is 20.8 Å². The monoisotopic (exact) mass is 249 g/mol. The van der Waals surface area contributed by atoms with Crippen molar-refractivity contribution in [1.29, 1.82) is 0 Å². The molecule has 0 radical (unpaired) electrons. The first-order valence-corrected chi connectivity index (χ1v) is 6.62. The molecule has 0 amide bonds. The van der Waals surface area contributed by atoms with E-state index in [1.807, 2.05) is 0 Å². The van der Waals surface area contributed by atoms with Crippen LogP contribution >= 0.6 is 0 Å². The van der Waals surface area contributed by atoms with Crippen LogP contribution < -0.4 is 5.32 Å². The molecule has 1 aliphatic carbocycles. The fourth-order valence-electron chi connectivity index (χ4n) is 2.42. The quantitative estimate of drug-likeness (QED) is 0.716. The van der Waals surface area contributed by atoms with E-state index in [0.29, 0.717) is 6.61 Å². The summed E-state index contributed by atoms with van der Waals surface area (Å²) in [5, 5.41) is 3.44. The Balaban J connectivity index is 1.78. The smallest absolute Gasteiger partial charge is 0.0713 e. The van der Waals surface area contributed by atoms with Crippen LogP contribution in [-0.2, 0) is 16.1 Å². The van der Waals surface area contributed by atoms with E-state index < -0.39 is 0 Å². The van der Waals surface area contributed by atoms with Crippen LogP contribution in [0.25, 0.3) is 0 Å². The maximum Gasteiger partial charge on any atom is 0.0713 e. The normalized spacial score (nSPS) is 22.1. The van der Waals surface area contributed by atoms with E-state index in [4.69, 9.17) is 9.47 Å². The Morgan fingerprint density at radius 1 is 1.28 bits per heavy atom. The van der Waals surface area contributed by atoms with Crippen molar-refractivity contribution < 1.29 is 9.47 Å². The minimum atomic E-state index is 0.706. The Bertz CT molecular complexity index is 367. The van der Waals surface area contributed by atoms with Crippen LogP contribution in [0.4, 0.5) is 0 Å². The highest BCUT2D eigenvalue weighted by Gasteiger charge is 2.37. The lowest BCUT2D eigenvalue weighted by Gasteiger charge is -2.05. The number of rotatable bonds is 8. The minimum Gasteiger partial charge on any atom is -0.383 e. The maximum absolute atomic E-state index is 5.18. The van der Waals surface area contributed by atoms with Crippen molar-refractivity contribution in [2.45, 2.75) is 18.9 Å². The number of hydrogen-bond acceptors (Lipinski definition) is 3. The minimum absolute atomic E-state index is 0.706. The number of methoxy groups -OCH3 is 2. The molecular weight excluding hydrogens is 226 g/mol. The van der Waals surface area contributed by atoms with Crippen LogP contribution in [0.1, 0.15) is 23.5 Å². The third-order valence-electron chi connectivity index (χ3n) is 3.50. The Labute approximate surface area is 109 Å². The molecule has 1 aromatic rings. The van der Waals surface area contributed by atoms with Crippen LogP contribution in [0, 0.1) is 5.92 Å². The first-order valence-electron chi connectivity index (χ1n) is 6.62. The molecule has 1 aromatic carbocycles. The molecule has 1 fully saturated rings. The van der Waals surface area contributed by atoms with Crippen molar-refractivity contribution >= 4 is 0 Å². The second-order valence-electron chi connectivity index (χ2n) is 4.98. The molecule has 2 rings (SSSR count). The summed E-state index contributed by atoms with van der Waals surface area (Å²) >= 11 is 0. The summed E-state index contributed by atoms with van der Waals surface area (Å²) in [6.45, 7) is 3.55. The molecule has 0 heterocycles. The summed E-state index contributed by atoms with van der Waals surface area (Å²) < 4.78 is 10.2. The first-order chi connectivity index (χ1) is 8.85. The highest BCUT2D eigenvalue weighted by Crippen LogP contribution is 2.47. The summed E-state index contributed by atoms with van der Waals surface area (Å²) in [5.41, 5.74) is 2.73. The standard InChI is InChI=1S/C15H23NO2/c1-17-7-6-16-10-14-9-15(14)13-5-3-4-12(8-13)11-18-2/h3-5,8,14-16H,6-7,9-11H2,1-2H3. The molecule has 2 unspecified atom stereocenters. The number of benzene rings is 1. The molecule has 3 heteroatoms. The molecule has 1 aliphatic rings. The molecule has 1 N–H and O–H groups in total. The molecule has 1 saturated carbocycles. The van der Waals surface area contributed by atoms with E-state index in [9.17, 15) is 0 Å². The molecule has 0 saturated heterocycles. The van der Waals surface area contributed by atoms with Crippen molar-refractivity contribution in [3.8, 4) is 0 Å². The Morgan fingerprint density at radius 3 is 2.94 bits per heavy atom. The van der Waals surface area contributed by atoms with Gasteiger partial charge in [0.15, 0.2) is 0 Å². The Morgan fingerprint density at radius 2 is 2.17 bits per heavy atom. The number of hydrogen-bond donors (Lipinski definition) is 1. The van der Waals surface area contributed by atoms with Gasteiger partial charge in [0.1, 0.15) is 0 Å². The van der Waals surface area contributed by atoms with E-state index >= 15 is 0 Å². The second kappa shape index (κ2) is 6.88. The SMILES string of the molecule is COCCNCC1CC1c1cccc(COC)c1. The van der Waals surface area contributed by atoms with Crippen molar-refractivity contribution in [3.05, 3.63) is 35.4 Å². The van der Waals surface area contributed by atoms with Crippen LogP contribution in [0.5, 0.6) is 0 Å². The van der Waals surface area contributed by atoms with Crippen molar-refractivity contribution in [2.75, 3.05) is 33.9 Å². The third kappa shape index (κ3) is 3.80. The summed E-state index contributed by atoms with van der Waals surface area (Å²) in [5.74, 6) is 1.52. The average molecular weight is 249 g/mol. The number of nitrogens with one attached hydrogen (secondary N) is 1. The highest BCUT2D eigenvalue weighted by molar-refractivity contribution is 5.30. The lowest BCUT2D eigenvalue weighted by atomic mass is 10.1. The summed E-state index contributed by atoms with van der Waals surface area (Å²) in [6, 6.07) is 8.78. The van der Waals surface area contributed by atoms with Crippen molar-refractivity contribution in [1.82, 2.24) is 5.32 Å². The van der Waals surface area contributed by atoms with Gasteiger partial charge in [-0.2, -0.15) is 0 Å². The van der Waals surface area contributed by atoms with Gasteiger partial charge in [-0.3, -0.25) is 0 Å². The van der Waals surface area contributed by atoms with E-state index in [0.717, 1.165) is 31.5 Å². The molecule has 100 valence electrons. The number of ether oxygens (including phenoxy) is 2. The van der Waals surface area contributed by atoms with Crippen molar-refractivity contribution in [3.63, 3.8) is 0 Å². The third-order valence-corrected chi connectivity index (χ3v) is 3.50. The van der Waals surface area contributed by atoms with Gasteiger partial charge < -0.3 is 14.8 Å². The van der Waals surface area contributed by atoms with Gasteiger partial charge >= 0.3 is 0 Å². The molecule has 0 aromatic heterocycles. The van der Waals surface area contributed by atoms with Gasteiger partial charge in [0.05, 0.1) is 13.2 Å². The molecule has 0 spiro atoms. The van der Waals surface area contributed by atoms with Gasteiger partial charge in [0.25, 0.3) is 0 Å². The van der Waals surface area contributed by atoms with Crippen LogP contribution in [-0.4, -0.2) is 33.9 Å². The second-order valence-corrected chi connectivity index (χ2v) is 4.98. The predicted molar refractivity (Wildman–Crippen MR) is 72.7 cm³/mol. The van der Waals surface area contributed by atoms with Gasteiger partial charge in [-0.25, -0.2) is 0 Å². The zero-order chi connectivity index (χ0) is 12.8. The molecule has 18 heavy (non-hydrogen) atoms. The van der Waals surface area contributed by atoms with Gasteiger partial charge in [-0.15, -0.1) is 0 Å². The van der Waals surface area contributed by atoms with Crippen LogP contribution in [0.15, 0.2) is 24.3 Å². The molecular formula is C15H23NO2. The topological polar surface area (TPSA) is 30.5 Å². The molecule has 3 nitrogen and oxygen atoms in total. The molecule has 0 aliphatic heterocycles. The first kappa shape index (κ1) is 13.5. The zero-order valence-electron chi connectivity index (χ0n) is 11.3. The van der Waals surface area contributed by atoms with E-state index in [-0.39, 0.29) is 0 Å².